The summed E-state index contributed by atoms with van der Waals surface area (Å²) >= 11 is 1.51. The quantitative estimate of drug-likeness (QED) is 0.390. The van der Waals surface area contributed by atoms with E-state index in [1.165, 1.54) is 11.8 Å². The lowest BCUT2D eigenvalue weighted by Gasteiger charge is -2.22. The van der Waals surface area contributed by atoms with Crippen molar-refractivity contribution < 1.29 is 9.53 Å². The number of nitrogens with zero attached hydrogens (tertiary/aromatic N) is 6. The molecule has 1 fully saturated rings. The first-order valence-corrected chi connectivity index (χ1v) is 11.7. The summed E-state index contributed by atoms with van der Waals surface area (Å²) in [6.45, 7) is 0.821. The number of thioether (sulfide) groups is 1. The number of amides is 1. The Bertz CT molecular complexity index is 1250. The van der Waals surface area contributed by atoms with E-state index in [4.69, 9.17) is 9.72 Å². The van der Waals surface area contributed by atoms with Gasteiger partial charge in [-0.25, -0.2) is 14.8 Å². The lowest BCUT2D eigenvalue weighted by molar-refractivity contribution is 0.146. The maximum Gasteiger partial charge on any atom is 0.415 e. The molecule has 1 aliphatic carbocycles. The summed E-state index contributed by atoms with van der Waals surface area (Å²) in [6, 6.07) is 9.70. The second kappa shape index (κ2) is 8.66. The third kappa shape index (κ3) is 4.20. The molecule has 0 bridgehead atoms. The zero-order chi connectivity index (χ0) is 22.1. The van der Waals surface area contributed by atoms with Crippen LogP contribution >= 0.6 is 11.8 Å². The maximum absolute atomic E-state index is 13.1. The van der Waals surface area contributed by atoms with Crippen molar-refractivity contribution in [1.82, 2.24) is 24.1 Å². The predicted octanol–water partition coefficient (Wildman–Crippen LogP) is 4.40. The molecular formula is C23H24N6O2S. The van der Waals surface area contributed by atoms with Crippen LogP contribution in [0.3, 0.4) is 0 Å². The number of aryl methyl sites for hydroxylation is 1. The highest BCUT2D eigenvalue weighted by Gasteiger charge is 2.30. The first-order chi connectivity index (χ1) is 15.6. The highest BCUT2D eigenvalue weighted by Crippen LogP contribution is 2.33. The number of ether oxygens (including phenoxy) is 1. The fraction of sp³-hybridized carbons (Fsp3) is 0.304. The highest BCUT2D eigenvalue weighted by molar-refractivity contribution is 7.98. The molecule has 0 aliphatic heterocycles. The number of hydrogen-bond acceptors (Lipinski definition) is 6. The summed E-state index contributed by atoms with van der Waals surface area (Å²) < 4.78 is 9.40. The first-order valence-electron chi connectivity index (χ1n) is 10.5. The Hall–Kier alpha value is -3.33. The van der Waals surface area contributed by atoms with E-state index in [0.717, 1.165) is 40.3 Å². The number of benzene rings is 1. The lowest BCUT2D eigenvalue weighted by Crippen LogP contribution is -2.34. The summed E-state index contributed by atoms with van der Waals surface area (Å²) in [5.74, 6) is 1.05. The number of hydrogen-bond donors (Lipinski definition) is 0. The van der Waals surface area contributed by atoms with Crippen LogP contribution in [0.1, 0.15) is 18.4 Å². The third-order valence-electron chi connectivity index (χ3n) is 5.48. The van der Waals surface area contributed by atoms with Crippen LogP contribution in [0.2, 0.25) is 0 Å². The fourth-order valence-corrected chi connectivity index (χ4v) is 4.12. The van der Waals surface area contributed by atoms with Gasteiger partial charge >= 0.3 is 6.09 Å². The number of aromatic nitrogens is 5. The Balaban J connectivity index is 1.50. The maximum atomic E-state index is 13.1. The van der Waals surface area contributed by atoms with Crippen molar-refractivity contribution >= 4 is 29.3 Å². The molecule has 3 aromatic heterocycles. The van der Waals surface area contributed by atoms with Gasteiger partial charge in [0.25, 0.3) is 0 Å². The van der Waals surface area contributed by atoms with Gasteiger partial charge in [0.1, 0.15) is 11.6 Å². The largest absolute Gasteiger partial charge is 0.444 e. The van der Waals surface area contributed by atoms with Crippen LogP contribution < -0.4 is 4.90 Å². The van der Waals surface area contributed by atoms with Crippen molar-refractivity contribution in [1.29, 1.82) is 0 Å². The van der Waals surface area contributed by atoms with Gasteiger partial charge in [0.2, 0.25) is 0 Å². The second-order valence-corrected chi connectivity index (χ2v) is 8.74. The zero-order valence-electron chi connectivity index (χ0n) is 18.0. The van der Waals surface area contributed by atoms with E-state index in [1.54, 1.807) is 15.8 Å². The summed E-state index contributed by atoms with van der Waals surface area (Å²) in [4.78, 5) is 24.1. The molecule has 1 amide bonds. The molecule has 0 unspecified atom stereocenters. The van der Waals surface area contributed by atoms with E-state index in [1.807, 2.05) is 66.6 Å². The number of carbonyl (C=O) groups excluding carboxylic acids is 1. The van der Waals surface area contributed by atoms with Crippen LogP contribution in [0, 0.1) is 5.92 Å². The molecule has 0 N–H and O–H groups in total. The molecule has 32 heavy (non-hydrogen) atoms. The minimum Gasteiger partial charge on any atom is -0.444 e. The molecule has 1 saturated carbocycles. The fourth-order valence-electron chi connectivity index (χ4n) is 3.60. The predicted molar refractivity (Wildman–Crippen MR) is 124 cm³/mol. The lowest BCUT2D eigenvalue weighted by atomic mass is 10.2. The van der Waals surface area contributed by atoms with E-state index in [0.29, 0.717) is 18.3 Å². The van der Waals surface area contributed by atoms with Crippen LogP contribution in [0.15, 0.2) is 60.1 Å². The van der Waals surface area contributed by atoms with Gasteiger partial charge in [0.15, 0.2) is 11.5 Å². The SMILES string of the molecule is CSc1nc(N(CC2CC2)C(=O)OCc2ccccc2)cn2c(-c3cnn(C)c3)cnc12. The topological polar surface area (TPSA) is 77.5 Å². The van der Waals surface area contributed by atoms with E-state index in [9.17, 15) is 4.79 Å². The third-order valence-corrected chi connectivity index (χ3v) is 6.14. The van der Waals surface area contributed by atoms with Gasteiger partial charge in [-0.05, 0) is 30.6 Å². The summed E-state index contributed by atoms with van der Waals surface area (Å²) in [5.41, 5.74) is 3.55. The Labute approximate surface area is 190 Å². The second-order valence-electron chi connectivity index (χ2n) is 7.94. The summed E-state index contributed by atoms with van der Waals surface area (Å²) in [7, 11) is 1.88. The molecule has 0 radical (unpaired) electrons. The molecule has 1 aliphatic rings. The van der Waals surface area contributed by atoms with Crippen molar-refractivity contribution in [2.24, 2.45) is 13.0 Å². The summed E-state index contributed by atoms with van der Waals surface area (Å²) in [6.07, 6.45) is 11.2. The van der Waals surface area contributed by atoms with E-state index < -0.39 is 0 Å². The molecular weight excluding hydrogens is 424 g/mol. The number of imidazole rings is 1. The zero-order valence-corrected chi connectivity index (χ0v) is 18.8. The van der Waals surface area contributed by atoms with Gasteiger partial charge in [0, 0.05) is 25.4 Å². The van der Waals surface area contributed by atoms with Gasteiger partial charge in [-0.3, -0.25) is 14.0 Å². The van der Waals surface area contributed by atoms with E-state index in [2.05, 4.69) is 10.1 Å². The number of rotatable bonds is 7. The Morgan fingerprint density at radius 3 is 2.72 bits per heavy atom. The Morgan fingerprint density at radius 2 is 2.03 bits per heavy atom. The average molecular weight is 449 g/mol. The van der Waals surface area contributed by atoms with Crippen LogP contribution in [0.25, 0.3) is 16.9 Å². The van der Waals surface area contributed by atoms with Gasteiger partial charge in [-0.15, -0.1) is 11.8 Å². The smallest absolute Gasteiger partial charge is 0.415 e. The summed E-state index contributed by atoms with van der Waals surface area (Å²) in [5, 5.41) is 5.04. The monoisotopic (exact) mass is 448 g/mol. The molecule has 0 saturated heterocycles. The van der Waals surface area contributed by atoms with Crippen LogP contribution in [0.5, 0.6) is 0 Å². The molecule has 164 valence electrons. The minimum absolute atomic E-state index is 0.227. The van der Waals surface area contributed by atoms with Crippen molar-refractivity contribution in [2.75, 3.05) is 17.7 Å². The molecule has 0 atom stereocenters. The number of carbonyl (C=O) groups is 1. The first kappa shape index (κ1) is 20.6. The Kier molecular flexibility index (Phi) is 5.57. The van der Waals surface area contributed by atoms with Crippen LogP contribution in [-0.4, -0.2) is 43.0 Å². The van der Waals surface area contributed by atoms with Crippen molar-refractivity contribution in [3.63, 3.8) is 0 Å². The standard InChI is InChI=1S/C23H24N6O2S/c1-27-13-18(10-25-27)19-11-24-21-22(32-2)26-20(14-28(19)21)29(12-16-8-9-16)23(30)31-15-17-6-4-3-5-7-17/h3-7,10-11,13-14,16H,8-9,12,15H2,1-2H3. The molecule has 8 nitrogen and oxygen atoms in total. The van der Waals surface area contributed by atoms with Crippen molar-refractivity contribution in [3.8, 4) is 11.3 Å². The van der Waals surface area contributed by atoms with Gasteiger partial charge in [0.05, 0.1) is 24.3 Å². The molecule has 0 spiro atoms. The molecule has 4 aromatic rings. The van der Waals surface area contributed by atoms with E-state index >= 15 is 0 Å². The van der Waals surface area contributed by atoms with Gasteiger partial charge in [-0.1, -0.05) is 30.3 Å². The molecule has 3 heterocycles. The van der Waals surface area contributed by atoms with Crippen molar-refractivity contribution in [2.45, 2.75) is 24.5 Å². The Morgan fingerprint density at radius 1 is 1.22 bits per heavy atom. The van der Waals surface area contributed by atoms with Crippen LogP contribution in [-0.2, 0) is 18.4 Å². The van der Waals surface area contributed by atoms with Gasteiger partial charge < -0.3 is 4.74 Å². The highest BCUT2D eigenvalue weighted by atomic mass is 32.2. The average Bonchev–Trinajstić information content (AvgIpc) is 3.38. The molecule has 1 aromatic carbocycles. The molecule has 5 rings (SSSR count). The number of fused-ring (bicyclic) bond motifs is 1. The van der Waals surface area contributed by atoms with Crippen LogP contribution in [0.4, 0.5) is 10.6 Å². The number of anilines is 1. The normalized spacial score (nSPS) is 13.4. The van der Waals surface area contributed by atoms with Crippen molar-refractivity contribution in [3.05, 3.63) is 60.7 Å². The van der Waals surface area contributed by atoms with Gasteiger partial charge in [-0.2, -0.15) is 5.10 Å². The minimum atomic E-state index is -0.386. The van der Waals surface area contributed by atoms with E-state index in [-0.39, 0.29) is 12.7 Å². The molecule has 9 heteroatoms.